The molecule has 0 aromatic heterocycles. The molecular weight excluding hydrogens is 368 g/mol. The fourth-order valence-electron chi connectivity index (χ4n) is 5.68. The van der Waals surface area contributed by atoms with E-state index in [1.165, 1.54) is 0 Å². The van der Waals surface area contributed by atoms with Gasteiger partial charge in [-0.15, -0.1) is 0 Å². The molecule has 0 aromatic rings. The lowest BCUT2D eigenvalue weighted by atomic mass is 9.71. The molecule has 3 saturated heterocycles. The van der Waals surface area contributed by atoms with Crippen molar-refractivity contribution in [2.45, 2.75) is 68.4 Å². The van der Waals surface area contributed by atoms with E-state index in [2.05, 4.69) is 6.58 Å². The van der Waals surface area contributed by atoms with Gasteiger partial charge in [0, 0.05) is 17.6 Å². The van der Waals surface area contributed by atoms with Gasteiger partial charge in [0.05, 0.1) is 24.5 Å². The van der Waals surface area contributed by atoms with E-state index in [4.69, 9.17) is 18.9 Å². The lowest BCUT2D eigenvalue weighted by molar-refractivity contribution is -0.196. The smallest absolute Gasteiger partial charge is 0.334 e. The van der Waals surface area contributed by atoms with Gasteiger partial charge in [-0.1, -0.05) is 12.7 Å². The monoisotopic (exact) mass is 392 g/mol. The van der Waals surface area contributed by atoms with Crippen LogP contribution in [0.25, 0.3) is 0 Å². The standard InChI is InChI=1S/C20H24O8/c1-5-8(2)16(22)26-10-6-19(7-25-19)13-12(21)15-18(4,28-15)20(13,24)14-11(10)9(3)17(23)27-14/h5,10-15,21,24H,3,6-7H2,1-2,4H3/b8-5-/t10-,11?,12+,13?,14+,15-,18-,19+,20-/m1/s1. The average Bonchev–Trinajstić information content (AvgIpc) is 3.53. The van der Waals surface area contributed by atoms with Gasteiger partial charge >= 0.3 is 11.9 Å². The van der Waals surface area contributed by atoms with Gasteiger partial charge in [0.15, 0.2) is 0 Å². The fourth-order valence-corrected chi connectivity index (χ4v) is 5.68. The van der Waals surface area contributed by atoms with Crippen molar-refractivity contribution in [3.8, 4) is 0 Å². The zero-order valence-corrected chi connectivity index (χ0v) is 16.0. The first kappa shape index (κ1) is 18.3. The lowest BCUT2D eigenvalue weighted by Gasteiger charge is -2.41. The van der Waals surface area contributed by atoms with Crippen LogP contribution in [-0.2, 0) is 28.5 Å². The first-order valence-electron chi connectivity index (χ1n) is 9.56. The van der Waals surface area contributed by atoms with Crippen molar-refractivity contribution < 1.29 is 38.7 Å². The maximum atomic E-state index is 12.5. The number of ether oxygens (including phenoxy) is 4. The summed E-state index contributed by atoms with van der Waals surface area (Å²) in [7, 11) is 0. The molecule has 152 valence electrons. The summed E-state index contributed by atoms with van der Waals surface area (Å²) in [6.07, 6.45) is -1.48. The Labute approximate surface area is 162 Å². The SMILES string of the molecule is C=C1C(=O)O[C@H]2C1[C@H](OC(=O)/C(C)=C\C)C[C@]1(CO1)C1[C@H](O)[C@H]3O[C@@]3(C)[C@@]12O. The molecule has 8 nitrogen and oxygen atoms in total. The average molecular weight is 392 g/mol. The molecule has 0 aromatic carbocycles. The van der Waals surface area contributed by atoms with Crippen LogP contribution in [0.4, 0.5) is 0 Å². The number of aliphatic hydroxyl groups is 2. The number of fused-ring (bicyclic) bond motifs is 6. The number of aliphatic hydroxyl groups excluding tert-OH is 1. The summed E-state index contributed by atoms with van der Waals surface area (Å²) in [5.74, 6) is -2.62. The Balaban J connectivity index is 1.61. The van der Waals surface area contributed by atoms with Crippen LogP contribution in [0, 0.1) is 11.8 Å². The number of epoxide rings is 2. The van der Waals surface area contributed by atoms with Crippen molar-refractivity contribution in [3.05, 3.63) is 23.8 Å². The maximum Gasteiger partial charge on any atom is 0.334 e. The van der Waals surface area contributed by atoms with Gasteiger partial charge in [0.2, 0.25) is 0 Å². The topological polar surface area (TPSA) is 118 Å². The van der Waals surface area contributed by atoms with E-state index in [0.717, 1.165) is 0 Å². The third kappa shape index (κ3) is 1.94. The van der Waals surface area contributed by atoms with E-state index in [1.807, 2.05) is 0 Å². The van der Waals surface area contributed by atoms with Crippen LogP contribution in [0.2, 0.25) is 0 Å². The van der Waals surface area contributed by atoms with Crippen LogP contribution in [-0.4, -0.2) is 70.0 Å². The molecule has 3 heterocycles. The van der Waals surface area contributed by atoms with E-state index >= 15 is 0 Å². The predicted molar refractivity (Wildman–Crippen MR) is 92.8 cm³/mol. The molecule has 5 fully saturated rings. The highest BCUT2D eigenvalue weighted by Gasteiger charge is 2.88. The summed E-state index contributed by atoms with van der Waals surface area (Å²) in [4.78, 5) is 24.8. The molecule has 9 atom stereocenters. The summed E-state index contributed by atoms with van der Waals surface area (Å²) < 4.78 is 22.7. The third-order valence-electron chi connectivity index (χ3n) is 7.48. The van der Waals surface area contributed by atoms with Gasteiger partial charge < -0.3 is 29.2 Å². The number of esters is 2. The number of carbonyl (C=O) groups excluding carboxylic acids is 2. The van der Waals surface area contributed by atoms with Crippen LogP contribution in [0.3, 0.4) is 0 Å². The molecule has 0 radical (unpaired) electrons. The quantitative estimate of drug-likeness (QED) is 0.383. The Morgan fingerprint density at radius 1 is 1.39 bits per heavy atom. The fraction of sp³-hybridized carbons (Fsp3) is 0.700. The van der Waals surface area contributed by atoms with Crippen LogP contribution in [0.15, 0.2) is 23.8 Å². The molecule has 2 unspecified atom stereocenters. The van der Waals surface area contributed by atoms with E-state index in [-0.39, 0.29) is 12.0 Å². The highest BCUT2D eigenvalue weighted by atomic mass is 16.7. The molecule has 2 N–H and O–H groups in total. The largest absolute Gasteiger partial charge is 0.458 e. The second-order valence-electron chi connectivity index (χ2n) is 8.79. The van der Waals surface area contributed by atoms with Crippen LogP contribution < -0.4 is 0 Å². The molecule has 0 bridgehead atoms. The Hall–Kier alpha value is -1.74. The van der Waals surface area contributed by atoms with Crippen LogP contribution in [0.5, 0.6) is 0 Å². The second kappa shape index (κ2) is 5.24. The Morgan fingerprint density at radius 3 is 2.68 bits per heavy atom. The van der Waals surface area contributed by atoms with Gasteiger partial charge in [-0.2, -0.15) is 0 Å². The minimum Gasteiger partial charge on any atom is -0.458 e. The minimum atomic E-state index is -1.68. The molecule has 28 heavy (non-hydrogen) atoms. The van der Waals surface area contributed by atoms with Gasteiger partial charge in [-0.25, -0.2) is 9.59 Å². The molecule has 8 heteroatoms. The van der Waals surface area contributed by atoms with Crippen LogP contribution >= 0.6 is 0 Å². The van der Waals surface area contributed by atoms with Crippen molar-refractivity contribution in [1.29, 1.82) is 0 Å². The number of hydrogen-bond donors (Lipinski definition) is 2. The van der Waals surface area contributed by atoms with E-state index < -0.39 is 65.0 Å². The zero-order chi connectivity index (χ0) is 20.2. The maximum absolute atomic E-state index is 12.5. The first-order valence-corrected chi connectivity index (χ1v) is 9.56. The van der Waals surface area contributed by atoms with Gasteiger partial charge in [-0.05, 0) is 20.8 Å². The molecule has 0 amide bonds. The Kier molecular flexibility index (Phi) is 3.43. The molecular formula is C20H24O8. The number of carbonyl (C=O) groups is 2. The first-order chi connectivity index (χ1) is 13.1. The highest BCUT2D eigenvalue weighted by Crippen LogP contribution is 2.69. The summed E-state index contributed by atoms with van der Waals surface area (Å²) in [5.41, 5.74) is -3.03. The molecule has 5 rings (SSSR count). The predicted octanol–water partition coefficient (Wildman–Crippen LogP) is 0.0142. The Bertz CT molecular complexity index is 828. The zero-order valence-electron chi connectivity index (χ0n) is 16.0. The third-order valence-corrected chi connectivity index (χ3v) is 7.48. The highest BCUT2D eigenvalue weighted by molar-refractivity contribution is 5.92. The molecule has 2 aliphatic carbocycles. The van der Waals surface area contributed by atoms with Gasteiger partial charge in [0.25, 0.3) is 0 Å². The second-order valence-corrected chi connectivity index (χ2v) is 8.79. The van der Waals surface area contributed by atoms with Crippen molar-refractivity contribution >= 4 is 11.9 Å². The molecule has 5 aliphatic rings. The van der Waals surface area contributed by atoms with E-state index in [9.17, 15) is 19.8 Å². The van der Waals surface area contributed by atoms with Crippen molar-refractivity contribution in [1.82, 2.24) is 0 Å². The van der Waals surface area contributed by atoms with E-state index in [1.54, 1.807) is 26.8 Å². The summed E-state index contributed by atoms with van der Waals surface area (Å²) >= 11 is 0. The normalized spacial score (nSPS) is 53.8. The summed E-state index contributed by atoms with van der Waals surface area (Å²) in [6.45, 7) is 9.24. The van der Waals surface area contributed by atoms with Crippen molar-refractivity contribution in [2.24, 2.45) is 11.8 Å². The minimum absolute atomic E-state index is 0.146. The number of allylic oxidation sites excluding steroid dienone is 1. The summed E-state index contributed by atoms with van der Waals surface area (Å²) in [5, 5.41) is 22.8. The molecule has 1 spiro atoms. The van der Waals surface area contributed by atoms with Gasteiger partial charge in [0.1, 0.15) is 35.1 Å². The van der Waals surface area contributed by atoms with Gasteiger partial charge in [-0.3, -0.25) is 0 Å². The molecule has 2 saturated carbocycles. The number of rotatable bonds is 2. The molecule has 3 aliphatic heterocycles. The lowest BCUT2D eigenvalue weighted by Crippen LogP contribution is -2.61. The van der Waals surface area contributed by atoms with E-state index in [0.29, 0.717) is 12.2 Å². The number of hydrogen-bond acceptors (Lipinski definition) is 8. The Morgan fingerprint density at radius 2 is 2.07 bits per heavy atom. The summed E-state index contributed by atoms with van der Waals surface area (Å²) in [6, 6.07) is 0. The van der Waals surface area contributed by atoms with Crippen molar-refractivity contribution in [3.63, 3.8) is 0 Å². The van der Waals surface area contributed by atoms with Crippen LogP contribution in [0.1, 0.15) is 27.2 Å². The van der Waals surface area contributed by atoms with Crippen molar-refractivity contribution in [2.75, 3.05) is 6.61 Å².